The summed E-state index contributed by atoms with van der Waals surface area (Å²) in [5.41, 5.74) is 0.501. The molecule has 0 saturated heterocycles. The summed E-state index contributed by atoms with van der Waals surface area (Å²) in [7, 11) is 0. The van der Waals surface area contributed by atoms with Gasteiger partial charge in [0.1, 0.15) is 0 Å². The number of likely N-dealkylation sites (N-methyl/N-ethyl adjacent to an activating group) is 1. The molecule has 0 bridgehead atoms. The van der Waals surface area contributed by atoms with E-state index in [4.69, 9.17) is 11.6 Å². The van der Waals surface area contributed by atoms with Crippen molar-refractivity contribution in [2.24, 2.45) is 11.3 Å². The summed E-state index contributed by atoms with van der Waals surface area (Å²) in [6.45, 7) is 8.02. The third-order valence-corrected chi connectivity index (χ3v) is 5.89. The number of halogens is 1. The number of hydrogen-bond acceptors (Lipinski definition) is 2. The molecule has 1 aliphatic carbocycles. The van der Waals surface area contributed by atoms with Gasteiger partial charge < -0.3 is 5.32 Å². The molecule has 0 radical (unpaired) electrons. The van der Waals surface area contributed by atoms with Gasteiger partial charge in [-0.3, -0.25) is 0 Å². The van der Waals surface area contributed by atoms with Gasteiger partial charge in [0.2, 0.25) is 0 Å². The molecule has 20 heavy (non-hydrogen) atoms. The summed E-state index contributed by atoms with van der Waals surface area (Å²) >= 11 is 7.84. The van der Waals surface area contributed by atoms with Crippen LogP contribution < -0.4 is 5.32 Å². The molecule has 1 fully saturated rings. The maximum Gasteiger partial charge on any atom is 0.0931 e. The summed E-state index contributed by atoms with van der Waals surface area (Å²) < 4.78 is 0.916. The molecule has 1 aliphatic rings. The summed E-state index contributed by atoms with van der Waals surface area (Å²) in [4.78, 5) is 1.43. The van der Waals surface area contributed by atoms with Crippen LogP contribution >= 0.6 is 22.9 Å². The van der Waals surface area contributed by atoms with Gasteiger partial charge in [0.05, 0.1) is 4.34 Å². The average molecular weight is 314 g/mol. The Morgan fingerprint density at radius 1 is 1.30 bits per heavy atom. The fourth-order valence-corrected chi connectivity index (χ4v) is 5.13. The minimum Gasteiger partial charge on any atom is -0.313 e. The van der Waals surface area contributed by atoms with Gasteiger partial charge in [0.25, 0.3) is 0 Å². The minimum absolute atomic E-state index is 0.501. The second-order valence-electron chi connectivity index (χ2n) is 6.69. The van der Waals surface area contributed by atoms with Crippen LogP contribution in [0.3, 0.4) is 0 Å². The third-order valence-electron chi connectivity index (χ3n) is 4.64. The summed E-state index contributed by atoms with van der Waals surface area (Å²) in [5, 5.41) is 3.79. The van der Waals surface area contributed by atoms with E-state index in [1.165, 1.54) is 37.0 Å². The van der Waals surface area contributed by atoms with E-state index in [0.29, 0.717) is 11.5 Å². The fraction of sp³-hybridized carbons (Fsp3) is 0.765. The maximum atomic E-state index is 6.10. The van der Waals surface area contributed by atoms with Gasteiger partial charge in [0, 0.05) is 10.9 Å². The molecule has 1 heterocycles. The van der Waals surface area contributed by atoms with Gasteiger partial charge in [0.15, 0.2) is 0 Å². The van der Waals surface area contributed by atoms with Gasteiger partial charge in [-0.2, -0.15) is 0 Å². The standard InChI is InChI=1S/C17H28ClNS/c1-4-19-15(11-14-7-8-16(18)20-14)17(12-13(2)3)9-5-6-10-17/h7-8,13,15,19H,4-6,9-12H2,1-3H3. The van der Waals surface area contributed by atoms with E-state index in [0.717, 1.165) is 23.2 Å². The van der Waals surface area contributed by atoms with Crippen molar-refractivity contribution in [1.29, 1.82) is 0 Å². The SMILES string of the molecule is CCNC(Cc1ccc(Cl)s1)C1(CC(C)C)CCCC1. The molecule has 0 amide bonds. The predicted octanol–water partition coefficient (Wildman–Crippen LogP) is 5.53. The van der Waals surface area contributed by atoms with Gasteiger partial charge in [-0.05, 0) is 55.7 Å². The molecule has 0 spiro atoms. The van der Waals surface area contributed by atoms with Crippen molar-refractivity contribution < 1.29 is 0 Å². The monoisotopic (exact) mass is 313 g/mol. The van der Waals surface area contributed by atoms with Gasteiger partial charge >= 0.3 is 0 Å². The lowest BCUT2D eigenvalue weighted by Crippen LogP contribution is -2.46. The maximum absolute atomic E-state index is 6.10. The van der Waals surface area contributed by atoms with Crippen LogP contribution in [0.25, 0.3) is 0 Å². The molecular formula is C17H28ClNS. The van der Waals surface area contributed by atoms with Gasteiger partial charge in [-0.25, -0.2) is 0 Å². The molecule has 1 N–H and O–H groups in total. The molecule has 3 heteroatoms. The molecular weight excluding hydrogens is 286 g/mol. The Morgan fingerprint density at radius 2 is 2.00 bits per heavy atom. The molecule has 2 rings (SSSR count). The van der Waals surface area contributed by atoms with Crippen molar-refractivity contribution in [3.8, 4) is 0 Å². The van der Waals surface area contributed by atoms with Crippen LogP contribution in [0.4, 0.5) is 0 Å². The van der Waals surface area contributed by atoms with Crippen LogP contribution in [0.15, 0.2) is 12.1 Å². The molecule has 1 aromatic heterocycles. The Kier molecular flexibility index (Phi) is 5.95. The topological polar surface area (TPSA) is 12.0 Å². The van der Waals surface area contributed by atoms with E-state index in [-0.39, 0.29) is 0 Å². The third kappa shape index (κ3) is 3.99. The van der Waals surface area contributed by atoms with E-state index < -0.39 is 0 Å². The van der Waals surface area contributed by atoms with Crippen LogP contribution in [0.5, 0.6) is 0 Å². The van der Waals surface area contributed by atoms with E-state index in [1.807, 2.05) is 6.07 Å². The zero-order valence-corrected chi connectivity index (χ0v) is 14.6. The smallest absolute Gasteiger partial charge is 0.0931 e. The zero-order chi connectivity index (χ0) is 14.6. The first-order chi connectivity index (χ1) is 9.55. The Labute approximate surface area is 133 Å². The van der Waals surface area contributed by atoms with E-state index >= 15 is 0 Å². The Bertz CT molecular complexity index is 407. The molecule has 114 valence electrons. The first kappa shape index (κ1) is 16.3. The fourth-order valence-electron chi connectivity index (χ4n) is 4.00. The lowest BCUT2D eigenvalue weighted by atomic mass is 9.71. The van der Waals surface area contributed by atoms with E-state index in [2.05, 4.69) is 32.2 Å². The van der Waals surface area contributed by atoms with Crippen LogP contribution in [0, 0.1) is 11.3 Å². The Morgan fingerprint density at radius 3 is 2.50 bits per heavy atom. The number of hydrogen-bond donors (Lipinski definition) is 1. The number of rotatable bonds is 7. The van der Waals surface area contributed by atoms with Crippen molar-refractivity contribution in [2.45, 2.75) is 65.3 Å². The van der Waals surface area contributed by atoms with Crippen molar-refractivity contribution in [2.75, 3.05) is 6.54 Å². The largest absolute Gasteiger partial charge is 0.313 e. The first-order valence-corrected chi connectivity index (χ1v) is 9.23. The van der Waals surface area contributed by atoms with E-state index in [1.54, 1.807) is 11.3 Å². The second-order valence-corrected chi connectivity index (χ2v) is 8.49. The van der Waals surface area contributed by atoms with E-state index in [9.17, 15) is 0 Å². The molecule has 0 aromatic carbocycles. The molecule has 1 nitrogen and oxygen atoms in total. The lowest BCUT2D eigenvalue weighted by molar-refractivity contribution is 0.156. The quantitative estimate of drug-likeness (QED) is 0.698. The lowest BCUT2D eigenvalue weighted by Gasteiger charge is -2.39. The average Bonchev–Trinajstić information content (AvgIpc) is 2.98. The molecule has 1 atom stereocenters. The highest BCUT2D eigenvalue weighted by atomic mass is 35.5. The van der Waals surface area contributed by atoms with Crippen molar-refractivity contribution in [3.05, 3.63) is 21.3 Å². The van der Waals surface area contributed by atoms with Gasteiger partial charge in [-0.15, -0.1) is 11.3 Å². The minimum atomic E-state index is 0.501. The van der Waals surface area contributed by atoms with Crippen molar-refractivity contribution in [1.82, 2.24) is 5.32 Å². The van der Waals surface area contributed by atoms with Crippen LogP contribution in [-0.2, 0) is 6.42 Å². The zero-order valence-electron chi connectivity index (χ0n) is 13.0. The summed E-state index contributed by atoms with van der Waals surface area (Å²) in [6, 6.07) is 4.84. The second kappa shape index (κ2) is 7.29. The Balaban J connectivity index is 2.15. The highest BCUT2D eigenvalue weighted by Crippen LogP contribution is 2.47. The number of nitrogens with one attached hydrogen (secondary N) is 1. The van der Waals surface area contributed by atoms with Crippen molar-refractivity contribution >= 4 is 22.9 Å². The normalized spacial score (nSPS) is 19.6. The summed E-state index contributed by atoms with van der Waals surface area (Å²) in [6.07, 6.45) is 8.07. The molecule has 1 unspecified atom stereocenters. The Hall–Kier alpha value is -0.0500. The summed E-state index contributed by atoms with van der Waals surface area (Å²) in [5.74, 6) is 0.779. The predicted molar refractivity (Wildman–Crippen MR) is 90.9 cm³/mol. The van der Waals surface area contributed by atoms with Crippen molar-refractivity contribution in [3.63, 3.8) is 0 Å². The highest BCUT2D eigenvalue weighted by Gasteiger charge is 2.41. The van der Waals surface area contributed by atoms with Crippen LogP contribution in [-0.4, -0.2) is 12.6 Å². The molecule has 0 aliphatic heterocycles. The van der Waals surface area contributed by atoms with Crippen LogP contribution in [0.2, 0.25) is 4.34 Å². The molecule has 1 saturated carbocycles. The van der Waals surface area contributed by atoms with Gasteiger partial charge in [-0.1, -0.05) is 45.2 Å². The number of thiophene rings is 1. The molecule has 1 aromatic rings. The highest BCUT2D eigenvalue weighted by molar-refractivity contribution is 7.16. The first-order valence-electron chi connectivity index (χ1n) is 8.03. The van der Waals surface area contributed by atoms with Crippen LogP contribution in [0.1, 0.15) is 57.8 Å².